The van der Waals surface area contributed by atoms with Crippen molar-refractivity contribution in [2.45, 2.75) is 32.7 Å². The fraction of sp³-hybridized carbons (Fsp3) is 0.750. The lowest BCUT2D eigenvalue weighted by atomic mass is 9.86. The first kappa shape index (κ1) is 7.45. The van der Waals surface area contributed by atoms with Crippen molar-refractivity contribution >= 4 is 0 Å². The van der Waals surface area contributed by atoms with E-state index in [1.807, 2.05) is 0 Å². The Hall–Kier alpha value is -0.660. The average Bonchev–Trinajstić information content (AvgIpc) is 1.89. The summed E-state index contributed by atoms with van der Waals surface area (Å²) in [5.41, 5.74) is 0.0503. The van der Waals surface area contributed by atoms with E-state index in [0.29, 0.717) is 5.92 Å². The molecule has 0 aliphatic carbocycles. The summed E-state index contributed by atoms with van der Waals surface area (Å²) in [6.45, 7) is 6.50. The summed E-state index contributed by atoms with van der Waals surface area (Å²) in [6, 6.07) is 0. The van der Waals surface area contributed by atoms with E-state index in [0.717, 1.165) is 6.42 Å². The smallest absolute Gasteiger partial charge is 0.0849 e. The lowest BCUT2D eigenvalue weighted by Gasteiger charge is -2.27. The molecule has 0 saturated heterocycles. The second-order valence-corrected chi connectivity index (χ2v) is 3.32. The highest BCUT2D eigenvalue weighted by atomic mass is 15.1. The summed E-state index contributed by atoms with van der Waals surface area (Å²) in [5, 5.41) is 8.10. The van der Waals surface area contributed by atoms with Crippen LogP contribution in [0.1, 0.15) is 27.2 Å². The molecule has 0 aromatic rings. The molecule has 0 aromatic heterocycles. The van der Waals surface area contributed by atoms with Crippen LogP contribution < -0.4 is 0 Å². The maximum absolute atomic E-state index is 4.20. The SMILES string of the molecule is CC(C)C1(C)CC=CN=N1. The van der Waals surface area contributed by atoms with Crippen LogP contribution >= 0.6 is 0 Å². The standard InChI is InChI=1S/C8H14N2/c1-7(2)8(3)5-4-6-9-10-8/h4,6-7H,5H2,1-3H3. The molecule has 0 aromatic carbocycles. The molecule has 0 saturated carbocycles. The van der Waals surface area contributed by atoms with Gasteiger partial charge in [0.25, 0.3) is 0 Å². The highest BCUT2D eigenvalue weighted by Gasteiger charge is 2.27. The van der Waals surface area contributed by atoms with E-state index in [1.165, 1.54) is 0 Å². The van der Waals surface area contributed by atoms with E-state index in [4.69, 9.17) is 0 Å². The van der Waals surface area contributed by atoms with Crippen LogP contribution in [0.15, 0.2) is 22.5 Å². The lowest BCUT2D eigenvalue weighted by molar-refractivity contribution is 0.325. The van der Waals surface area contributed by atoms with Gasteiger partial charge in [0.15, 0.2) is 0 Å². The highest BCUT2D eigenvalue weighted by Crippen LogP contribution is 2.28. The first-order valence-electron chi connectivity index (χ1n) is 3.72. The molecule has 2 nitrogen and oxygen atoms in total. The van der Waals surface area contributed by atoms with Crippen molar-refractivity contribution in [3.63, 3.8) is 0 Å². The maximum atomic E-state index is 4.20. The molecule has 0 radical (unpaired) electrons. The lowest BCUT2D eigenvalue weighted by Crippen LogP contribution is -2.28. The maximum Gasteiger partial charge on any atom is 0.0849 e. The van der Waals surface area contributed by atoms with E-state index in [1.54, 1.807) is 6.20 Å². The summed E-state index contributed by atoms with van der Waals surface area (Å²) in [5.74, 6) is 0.571. The molecule has 0 spiro atoms. The molecule has 1 aliphatic heterocycles. The van der Waals surface area contributed by atoms with E-state index in [2.05, 4.69) is 37.1 Å². The third-order valence-electron chi connectivity index (χ3n) is 2.23. The van der Waals surface area contributed by atoms with Gasteiger partial charge in [-0.05, 0) is 19.3 Å². The van der Waals surface area contributed by atoms with Crippen molar-refractivity contribution in [2.24, 2.45) is 16.1 Å². The van der Waals surface area contributed by atoms with Crippen molar-refractivity contribution in [2.75, 3.05) is 0 Å². The Morgan fingerprint density at radius 2 is 2.20 bits per heavy atom. The van der Waals surface area contributed by atoms with Crippen LogP contribution in [0.2, 0.25) is 0 Å². The number of rotatable bonds is 1. The van der Waals surface area contributed by atoms with Crippen LogP contribution in [-0.2, 0) is 0 Å². The van der Waals surface area contributed by atoms with Crippen molar-refractivity contribution in [1.82, 2.24) is 0 Å². The van der Waals surface area contributed by atoms with Crippen LogP contribution in [0.5, 0.6) is 0 Å². The number of nitrogens with zero attached hydrogens (tertiary/aromatic N) is 2. The molecule has 0 bridgehead atoms. The van der Waals surface area contributed by atoms with Crippen molar-refractivity contribution < 1.29 is 0 Å². The van der Waals surface area contributed by atoms with E-state index >= 15 is 0 Å². The Labute approximate surface area is 62.0 Å². The molecule has 0 fully saturated rings. The third kappa shape index (κ3) is 1.25. The van der Waals surface area contributed by atoms with Gasteiger partial charge >= 0.3 is 0 Å². The Morgan fingerprint density at radius 1 is 1.50 bits per heavy atom. The van der Waals surface area contributed by atoms with Gasteiger partial charge in [-0.15, -0.1) is 0 Å². The van der Waals surface area contributed by atoms with Gasteiger partial charge in [-0.3, -0.25) is 0 Å². The van der Waals surface area contributed by atoms with E-state index < -0.39 is 0 Å². The van der Waals surface area contributed by atoms with Crippen LogP contribution in [0.25, 0.3) is 0 Å². The first-order chi connectivity index (χ1) is 4.65. The molecule has 1 aliphatic rings. The molecule has 0 N–H and O–H groups in total. The van der Waals surface area contributed by atoms with Gasteiger partial charge in [0.2, 0.25) is 0 Å². The predicted octanol–water partition coefficient (Wildman–Crippen LogP) is 2.77. The van der Waals surface area contributed by atoms with E-state index in [-0.39, 0.29) is 5.54 Å². The largest absolute Gasteiger partial charge is 0.182 e. The summed E-state index contributed by atoms with van der Waals surface area (Å²) >= 11 is 0. The minimum Gasteiger partial charge on any atom is -0.182 e. The third-order valence-corrected chi connectivity index (χ3v) is 2.23. The van der Waals surface area contributed by atoms with Gasteiger partial charge in [0.05, 0.1) is 5.54 Å². The van der Waals surface area contributed by atoms with Crippen molar-refractivity contribution in [3.8, 4) is 0 Å². The molecular weight excluding hydrogens is 124 g/mol. The highest BCUT2D eigenvalue weighted by molar-refractivity contribution is 4.98. The predicted molar refractivity (Wildman–Crippen MR) is 41.9 cm³/mol. The molecule has 2 heteroatoms. The van der Waals surface area contributed by atoms with Crippen molar-refractivity contribution in [3.05, 3.63) is 12.3 Å². The van der Waals surface area contributed by atoms with Gasteiger partial charge in [0, 0.05) is 6.20 Å². The summed E-state index contributed by atoms with van der Waals surface area (Å²) < 4.78 is 0. The summed E-state index contributed by atoms with van der Waals surface area (Å²) in [7, 11) is 0. The summed E-state index contributed by atoms with van der Waals surface area (Å²) in [6.07, 6.45) is 4.87. The quantitative estimate of drug-likeness (QED) is 0.532. The normalized spacial score (nSPS) is 31.6. The minimum atomic E-state index is 0.0503. The number of hydrogen-bond acceptors (Lipinski definition) is 2. The first-order valence-corrected chi connectivity index (χ1v) is 3.72. The molecule has 56 valence electrons. The fourth-order valence-corrected chi connectivity index (χ4v) is 0.896. The zero-order valence-electron chi connectivity index (χ0n) is 6.83. The van der Waals surface area contributed by atoms with E-state index in [9.17, 15) is 0 Å². The van der Waals surface area contributed by atoms with Gasteiger partial charge in [0.1, 0.15) is 0 Å². The number of azo groups is 1. The number of hydrogen-bond donors (Lipinski definition) is 0. The molecule has 1 unspecified atom stereocenters. The Bertz CT molecular complexity index is 170. The Balaban J connectivity index is 2.70. The van der Waals surface area contributed by atoms with Crippen LogP contribution in [0.3, 0.4) is 0 Å². The van der Waals surface area contributed by atoms with Gasteiger partial charge < -0.3 is 0 Å². The van der Waals surface area contributed by atoms with Gasteiger partial charge in [-0.1, -0.05) is 19.9 Å². The minimum absolute atomic E-state index is 0.0503. The van der Waals surface area contributed by atoms with Crippen LogP contribution in [0.4, 0.5) is 0 Å². The Kier molecular flexibility index (Phi) is 1.88. The zero-order valence-corrected chi connectivity index (χ0v) is 6.83. The molecule has 1 atom stereocenters. The molecule has 1 heterocycles. The molecular formula is C8H14N2. The molecule has 10 heavy (non-hydrogen) atoms. The second-order valence-electron chi connectivity index (χ2n) is 3.32. The monoisotopic (exact) mass is 138 g/mol. The molecule has 0 amide bonds. The zero-order chi connectivity index (χ0) is 7.61. The second kappa shape index (κ2) is 2.52. The summed E-state index contributed by atoms with van der Waals surface area (Å²) in [4.78, 5) is 0. The Morgan fingerprint density at radius 3 is 2.50 bits per heavy atom. The fourth-order valence-electron chi connectivity index (χ4n) is 0.896. The van der Waals surface area contributed by atoms with Crippen LogP contribution in [0, 0.1) is 5.92 Å². The topological polar surface area (TPSA) is 24.7 Å². The van der Waals surface area contributed by atoms with Gasteiger partial charge in [-0.2, -0.15) is 10.2 Å². The van der Waals surface area contributed by atoms with Crippen LogP contribution in [-0.4, -0.2) is 5.54 Å². The average molecular weight is 138 g/mol. The van der Waals surface area contributed by atoms with Crippen molar-refractivity contribution in [1.29, 1.82) is 0 Å². The van der Waals surface area contributed by atoms with Gasteiger partial charge in [-0.25, -0.2) is 0 Å². The molecule has 1 rings (SSSR count).